The molecule has 0 bridgehead atoms. The minimum absolute atomic E-state index is 0.0401. The van der Waals surface area contributed by atoms with Crippen LogP contribution in [0.4, 0.5) is 0 Å². The van der Waals surface area contributed by atoms with Gasteiger partial charge in [-0.3, -0.25) is 4.79 Å². The van der Waals surface area contributed by atoms with Crippen LogP contribution >= 0.6 is 11.6 Å². The maximum atomic E-state index is 12.8. The zero-order valence-corrected chi connectivity index (χ0v) is 15.3. The summed E-state index contributed by atoms with van der Waals surface area (Å²) >= 11 is 6.02. The molecular weight excluding hydrogens is 346 g/mol. The van der Waals surface area contributed by atoms with E-state index in [1.807, 2.05) is 49.4 Å². The Hall–Kier alpha value is -2.59. The molecule has 3 aromatic rings. The SMILES string of the molecule is CCc1nc(-c2ccc(Cl)cc2)n2c1C(=O)N[C@@H](Cc1ccccc1)C2. The first-order valence-corrected chi connectivity index (χ1v) is 9.23. The lowest BCUT2D eigenvalue weighted by Crippen LogP contribution is -2.45. The van der Waals surface area contributed by atoms with Crippen molar-refractivity contribution in [3.05, 3.63) is 76.6 Å². The molecule has 26 heavy (non-hydrogen) atoms. The number of aromatic nitrogens is 2. The van der Waals surface area contributed by atoms with Gasteiger partial charge in [0.25, 0.3) is 5.91 Å². The van der Waals surface area contributed by atoms with Crippen LogP contribution in [0.2, 0.25) is 5.02 Å². The molecule has 0 fully saturated rings. The number of nitrogens with one attached hydrogen (secondary N) is 1. The van der Waals surface area contributed by atoms with Crippen LogP contribution in [-0.2, 0) is 19.4 Å². The fraction of sp³-hybridized carbons (Fsp3) is 0.238. The van der Waals surface area contributed by atoms with Crippen molar-refractivity contribution in [2.24, 2.45) is 0 Å². The minimum atomic E-state index is -0.0401. The summed E-state index contributed by atoms with van der Waals surface area (Å²) in [6.07, 6.45) is 1.52. The fourth-order valence-electron chi connectivity index (χ4n) is 3.53. The summed E-state index contributed by atoms with van der Waals surface area (Å²) in [6.45, 7) is 2.74. The molecule has 1 N–H and O–H groups in total. The molecule has 1 aromatic heterocycles. The number of rotatable bonds is 4. The summed E-state index contributed by atoms with van der Waals surface area (Å²) in [4.78, 5) is 17.5. The molecular formula is C21H20ClN3O. The Labute approximate surface area is 157 Å². The molecule has 2 aromatic carbocycles. The molecule has 132 valence electrons. The van der Waals surface area contributed by atoms with E-state index in [0.29, 0.717) is 17.3 Å². The van der Waals surface area contributed by atoms with Crippen molar-refractivity contribution in [2.75, 3.05) is 0 Å². The van der Waals surface area contributed by atoms with Gasteiger partial charge < -0.3 is 9.88 Å². The topological polar surface area (TPSA) is 46.9 Å². The maximum absolute atomic E-state index is 12.8. The van der Waals surface area contributed by atoms with Crippen LogP contribution in [0.3, 0.4) is 0 Å². The van der Waals surface area contributed by atoms with Crippen molar-refractivity contribution in [2.45, 2.75) is 32.4 Å². The summed E-state index contributed by atoms with van der Waals surface area (Å²) in [5.74, 6) is 0.795. The number of benzene rings is 2. The van der Waals surface area contributed by atoms with E-state index < -0.39 is 0 Å². The van der Waals surface area contributed by atoms with Gasteiger partial charge in [0, 0.05) is 17.1 Å². The number of carbonyl (C=O) groups excluding carboxylic acids is 1. The van der Waals surface area contributed by atoms with Gasteiger partial charge in [0.1, 0.15) is 11.5 Å². The zero-order valence-electron chi connectivity index (χ0n) is 14.6. The predicted octanol–water partition coefficient (Wildman–Crippen LogP) is 4.12. The van der Waals surface area contributed by atoms with Crippen LogP contribution in [0.1, 0.15) is 28.7 Å². The highest BCUT2D eigenvalue weighted by atomic mass is 35.5. The van der Waals surface area contributed by atoms with E-state index in [1.54, 1.807) is 0 Å². The molecule has 1 aliphatic rings. The first-order chi connectivity index (χ1) is 12.7. The van der Waals surface area contributed by atoms with Crippen molar-refractivity contribution < 1.29 is 4.79 Å². The molecule has 0 radical (unpaired) electrons. The van der Waals surface area contributed by atoms with Crippen molar-refractivity contribution in [3.8, 4) is 11.4 Å². The number of halogens is 1. The minimum Gasteiger partial charge on any atom is -0.346 e. The highest BCUT2D eigenvalue weighted by Crippen LogP contribution is 2.27. The fourth-order valence-corrected chi connectivity index (χ4v) is 3.66. The predicted molar refractivity (Wildman–Crippen MR) is 103 cm³/mol. The third-order valence-electron chi connectivity index (χ3n) is 4.76. The van der Waals surface area contributed by atoms with Gasteiger partial charge >= 0.3 is 0 Å². The molecule has 1 aliphatic heterocycles. The molecule has 5 heteroatoms. The quantitative estimate of drug-likeness (QED) is 0.756. The molecule has 0 saturated carbocycles. The maximum Gasteiger partial charge on any atom is 0.270 e. The van der Waals surface area contributed by atoms with Crippen LogP contribution in [0.25, 0.3) is 11.4 Å². The molecule has 4 nitrogen and oxygen atoms in total. The Bertz CT molecular complexity index is 932. The third-order valence-corrected chi connectivity index (χ3v) is 5.01. The van der Waals surface area contributed by atoms with Gasteiger partial charge in [0.05, 0.1) is 11.7 Å². The molecule has 0 spiro atoms. The Kier molecular flexibility index (Phi) is 4.51. The lowest BCUT2D eigenvalue weighted by atomic mass is 10.0. The van der Waals surface area contributed by atoms with Crippen LogP contribution < -0.4 is 5.32 Å². The molecule has 0 aliphatic carbocycles. The van der Waals surface area contributed by atoms with Crippen LogP contribution in [0.5, 0.6) is 0 Å². The highest BCUT2D eigenvalue weighted by molar-refractivity contribution is 6.30. The number of imidazole rings is 1. The summed E-state index contributed by atoms with van der Waals surface area (Å²) in [5, 5.41) is 3.84. The molecule has 1 amide bonds. The van der Waals surface area contributed by atoms with Gasteiger partial charge in [-0.15, -0.1) is 0 Å². The smallest absolute Gasteiger partial charge is 0.270 e. The second-order valence-electron chi connectivity index (χ2n) is 6.56. The molecule has 0 saturated heterocycles. The number of amides is 1. The van der Waals surface area contributed by atoms with E-state index in [9.17, 15) is 4.79 Å². The average Bonchev–Trinajstić information content (AvgIpc) is 3.02. The summed E-state index contributed by atoms with van der Waals surface area (Å²) in [6, 6.07) is 17.9. The average molecular weight is 366 g/mol. The van der Waals surface area contributed by atoms with E-state index in [2.05, 4.69) is 22.0 Å². The van der Waals surface area contributed by atoms with Crippen LogP contribution in [-0.4, -0.2) is 21.5 Å². The van der Waals surface area contributed by atoms with Gasteiger partial charge in [-0.1, -0.05) is 48.9 Å². The highest BCUT2D eigenvalue weighted by Gasteiger charge is 2.30. The van der Waals surface area contributed by atoms with Crippen molar-refractivity contribution >= 4 is 17.5 Å². The molecule has 2 heterocycles. The number of hydrogen-bond donors (Lipinski definition) is 1. The van der Waals surface area contributed by atoms with E-state index in [4.69, 9.17) is 16.6 Å². The molecule has 4 rings (SSSR count). The van der Waals surface area contributed by atoms with Crippen molar-refractivity contribution in [1.82, 2.24) is 14.9 Å². The van der Waals surface area contributed by atoms with Crippen LogP contribution in [0.15, 0.2) is 54.6 Å². The standard InChI is InChI=1S/C21H20ClN3O/c1-2-18-19-21(26)23-17(12-14-6-4-3-5-7-14)13-25(19)20(24-18)15-8-10-16(22)11-9-15/h3-11,17H,2,12-13H2,1H3,(H,23,26)/t17-/m0/s1. The van der Waals surface area contributed by atoms with E-state index >= 15 is 0 Å². The van der Waals surface area contributed by atoms with E-state index in [1.165, 1.54) is 5.56 Å². The number of nitrogens with zero attached hydrogens (tertiary/aromatic N) is 2. The van der Waals surface area contributed by atoms with Gasteiger partial charge in [-0.25, -0.2) is 4.98 Å². The van der Waals surface area contributed by atoms with Gasteiger partial charge in [0.2, 0.25) is 0 Å². The second kappa shape index (κ2) is 6.96. The lowest BCUT2D eigenvalue weighted by Gasteiger charge is -2.27. The van der Waals surface area contributed by atoms with Crippen molar-refractivity contribution in [3.63, 3.8) is 0 Å². The normalized spacial score (nSPS) is 16.2. The van der Waals surface area contributed by atoms with Gasteiger partial charge in [0.15, 0.2) is 0 Å². The largest absolute Gasteiger partial charge is 0.346 e. The Morgan fingerprint density at radius 1 is 1.15 bits per heavy atom. The number of carbonyl (C=O) groups is 1. The summed E-state index contributed by atoms with van der Waals surface area (Å²) in [5.41, 5.74) is 3.71. The first-order valence-electron chi connectivity index (χ1n) is 8.86. The number of fused-ring (bicyclic) bond motifs is 1. The molecule has 1 atom stereocenters. The summed E-state index contributed by atoms with van der Waals surface area (Å²) < 4.78 is 2.06. The second-order valence-corrected chi connectivity index (χ2v) is 7.00. The lowest BCUT2D eigenvalue weighted by molar-refractivity contribution is 0.0900. The molecule has 0 unspecified atom stereocenters. The van der Waals surface area contributed by atoms with Crippen LogP contribution in [0, 0.1) is 0 Å². The zero-order chi connectivity index (χ0) is 18.1. The van der Waals surface area contributed by atoms with Gasteiger partial charge in [-0.2, -0.15) is 0 Å². The Morgan fingerprint density at radius 3 is 2.58 bits per heavy atom. The number of aryl methyl sites for hydroxylation is 1. The summed E-state index contributed by atoms with van der Waals surface area (Å²) in [7, 11) is 0. The van der Waals surface area contributed by atoms with E-state index in [-0.39, 0.29) is 11.9 Å². The monoisotopic (exact) mass is 365 g/mol. The first kappa shape index (κ1) is 16.9. The van der Waals surface area contributed by atoms with Gasteiger partial charge in [-0.05, 0) is 42.7 Å². The third kappa shape index (κ3) is 3.13. The Morgan fingerprint density at radius 2 is 1.88 bits per heavy atom. The van der Waals surface area contributed by atoms with Crippen molar-refractivity contribution in [1.29, 1.82) is 0 Å². The Balaban J connectivity index is 1.72. The number of hydrogen-bond acceptors (Lipinski definition) is 2. The van der Waals surface area contributed by atoms with E-state index in [0.717, 1.165) is 29.9 Å².